The number of aryl methyl sites for hydroxylation is 1. The van der Waals surface area contributed by atoms with Crippen molar-refractivity contribution in [3.63, 3.8) is 0 Å². The third kappa shape index (κ3) is 4.35. The molecule has 0 aliphatic heterocycles. The Labute approximate surface area is 192 Å². The fraction of sp³-hybridized carbons (Fsp3) is 0.130. The van der Waals surface area contributed by atoms with Crippen LogP contribution in [0.3, 0.4) is 0 Å². The van der Waals surface area contributed by atoms with E-state index < -0.39 is 0 Å². The monoisotopic (exact) mass is 494 g/mol. The number of carbonyl (C=O) groups is 2. The molecule has 0 aliphatic carbocycles. The molecule has 0 saturated carbocycles. The van der Waals surface area contributed by atoms with Gasteiger partial charge in [0.05, 0.1) is 22.5 Å². The van der Waals surface area contributed by atoms with Crippen LogP contribution in [0.25, 0.3) is 22.2 Å². The van der Waals surface area contributed by atoms with E-state index in [0.717, 1.165) is 20.9 Å². The van der Waals surface area contributed by atoms with Crippen LogP contribution in [0.2, 0.25) is 0 Å². The van der Waals surface area contributed by atoms with Crippen LogP contribution in [0.5, 0.6) is 0 Å². The average molecular weight is 495 g/mol. The van der Waals surface area contributed by atoms with Crippen molar-refractivity contribution in [2.75, 3.05) is 19.4 Å². The van der Waals surface area contributed by atoms with E-state index in [9.17, 15) is 9.59 Å². The van der Waals surface area contributed by atoms with Gasteiger partial charge in [-0.1, -0.05) is 57.6 Å². The molecule has 2 aromatic carbocycles. The summed E-state index contributed by atoms with van der Waals surface area (Å²) < 4.78 is 0.933. The van der Waals surface area contributed by atoms with Crippen molar-refractivity contribution in [1.29, 1.82) is 0 Å². The van der Waals surface area contributed by atoms with Crippen molar-refractivity contribution in [2.45, 2.75) is 6.92 Å². The quantitative estimate of drug-likeness (QED) is 0.412. The maximum atomic E-state index is 13.2. The SMILES string of the molecule is Cc1nc(NC(=O)c2cc(-c3cccc(Br)c3)nc3ccccc23)sc1C(=O)N(C)C. The molecule has 1 N–H and O–H groups in total. The summed E-state index contributed by atoms with van der Waals surface area (Å²) >= 11 is 4.66. The van der Waals surface area contributed by atoms with Crippen LogP contribution in [0.4, 0.5) is 5.13 Å². The van der Waals surface area contributed by atoms with E-state index in [1.807, 2.05) is 48.5 Å². The number of amides is 2. The second-order valence-electron chi connectivity index (χ2n) is 7.17. The number of hydrogen-bond donors (Lipinski definition) is 1. The molecule has 4 aromatic rings. The Kier molecular flexibility index (Phi) is 5.84. The van der Waals surface area contributed by atoms with Gasteiger partial charge >= 0.3 is 0 Å². The molecule has 156 valence electrons. The van der Waals surface area contributed by atoms with Crippen molar-refractivity contribution in [3.05, 3.63) is 75.2 Å². The maximum Gasteiger partial charge on any atom is 0.265 e. The molecule has 4 rings (SSSR count). The normalized spacial score (nSPS) is 10.8. The van der Waals surface area contributed by atoms with Crippen LogP contribution < -0.4 is 5.32 Å². The van der Waals surface area contributed by atoms with E-state index in [1.54, 1.807) is 27.1 Å². The Bertz CT molecular complexity index is 1320. The largest absolute Gasteiger partial charge is 0.344 e. The lowest BCUT2D eigenvalue weighted by Crippen LogP contribution is -2.21. The van der Waals surface area contributed by atoms with Crippen LogP contribution in [-0.2, 0) is 0 Å². The van der Waals surface area contributed by atoms with Crippen LogP contribution in [0.15, 0.2) is 59.1 Å². The Morgan fingerprint density at radius 1 is 1.03 bits per heavy atom. The minimum absolute atomic E-state index is 0.137. The second-order valence-corrected chi connectivity index (χ2v) is 9.08. The zero-order valence-electron chi connectivity index (χ0n) is 17.1. The number of pyridine rings is 1. The standard InChI is InChI=1S/C23H19BrN4O2S/c1-13-20(22(30)28(2)3)31-23(25-13)27-21(29)17-12-19(14-7-6-8-15(24)11-14)26-18-10-5-4-9-16(17)18/h4-12H,1-3H3,(H,25,27,29). The van der Waals surface area contributed by atoms with E-state index in [-0.39, 0.29) is 11.8 Å². The Hall–Kier alpha value is -3.10. The smallest absolute Gasteiger partial charge is 0.265 e. The molecular formula is C23H19BrN4O2S. The molecule has 0 unspecified atom stereocenters. The van der Waals surface area contributed by atoms with Gasteiger partial charge < -0.3 is 4.90 Å². The summed E-state index contributed by atoms with van der Waals surface area (Å²) in [6.07, 6.45) is 0. The van der Waals surface area contributed by atoms with Gasteiger partial charge in [-0.25, -0.2) is 9.97 Å². The molecule has 0 fully saturated rings. The van der Waals surface area contributed by atoms with Crippen molar-refractivity contribution >= 4 is 55.1 Å². The van der Waals surface area contributed by atoms with Crippen molar-refractivity contribution < 1.29 is 9.59 Å². The average Bonchev–Trinajstić information content (AvgIpc) is 3.11. The first-order chi connectivity index (χ1) is 14.8. The first-order valence-electron chi connectivity index (χ1n) is 9.49. The topological polar surface area (TPSA) is 75.2 Å². The van der Waals surface area contributed by atoms with Gasteiger partial charge in [-0.2, -0.15) is 0 Å². The molecule has 6 nitrogen and oxygen atoms in total. The molecule has 0 saturated heterocycles. The van der Waals surface area contributed by atoms with Crippen molar-refractivity contribution in [1.82, 2.24) is 14.9 Å². The van der Waals surface area contributed by atoms with E-state index in [4.69, 9.17) is 4.98 Å². The highest BCUT2D eigenvalue weighted by atomic mass is 79.9. The molecule has 0 aliphatic rings. The fourth-order valence-corrected chi connectivity index (χ4v) is 4.56. The van der Waals surface area contributed by atoms with Gasteiger partial charge in [-0.15, -0.1) is 0 Å². The number of para-hydroxylation sites is 1. The first kappa shape index (κ1) is 21.1. The number of nitrogens with one attached hydrogen (secondary N) is 1. The van der Waals surface area contributed by atoms with E-state index in [1.165, 1.54) is 16.2 Å². The van der Waals surface area contributed by atoms with E-state index in [2.05, 4.69) is 26.2 Å². The first-order valence-corrected chi connectivity index (χ1v) is 11.1. The molecule has 0 bridgehead atoms. The lowest BCUT2D eigenvalue weighted by atomic mass is 10.0. The van der Waals surface area contributed by atoms with Crippen LogP contribution in [0, 0.1) is 6.92 Å². The number of halogens is 1. The number of anilines is 1. The highest BCUT2D eigenvalue weighted by Gasteiger charge is 2.20. The molecule has 8 heteroatoms. The Morgan fingerprint density at radius 3 is 2.55 bits per heavy atom. The summed E-state index contributed by atoms with van der Waals surface area (Å²) in [5.41, 5.74) is 3.41. The van der Waals surface area contributed by atoms with E-state index >= 15 is 0 Å². The van der Waals surface area contributed by atoms with Gasteiger partial charge in [0.1, 0.15) is 4.88 Å². The summed E-state index contributed by atoms with van der Waals surface area (Å²) in [7, 11) is 3.37. The predicted molar refractivity (Wildman–Crippen MR) is 128 cm³/mol. The van der Waals surface area contributed by atoms with Gasteiger partial charge in [0, 0.05) is 29.5 Å². The number of benzene rings is 2. The number of hydrogen-bond acceptors (Lipinski definition) is 5. The van der Waals surface area contributed by atoms with Crippen LogP contribution in [0.1, 0.15) is 25.7 Å². The third-order valence-corrected chi connectivity index (χ3v) is 6.25. The van der Waals surface area contributed by atoms with Gasteiger partial charge in [0.25, 0.3) is 11.8 Å². The molecule has 0 atom stereocenters. The highest BCUT2D eigenvalue weighted by molar-refractivity contribution is 9.10. The Morgan fingerprint density at radius 2 is 1.81 bits per heavy atom. The lowest BCUT2D eigenvalue weighted by Gasteiger charge is -2.10. The summed E-state index contributed by atoms with van der Waals surface area (Å²) in [6.45, 7) is 1.76. The summed E-state index contributed by atoms with van der Waals surface area (Å²) in [5, 5.41) is 3.99. The number of fused-ring (bicyclic) bond motifs is 1. The zero-order chi connectivity index (χ0) is 22.1. The Balaban J connectivity index is 1.74. The number of thiazole rings is 1. The summed E-state index contributed by atoms with van der Waals surface area (Å²) in [6, 6.07) is 17.1. The molecule has 2 aromatic heterocycles. The van der Waals surface area contributed by atoms with Crippen LogP contribution >= 0.6 is 27.3 Å². The van der Waals surface area contributed by atoms with Gasteiger partial charge in [0.2, 0.25) is 0 Å². The lowest BCUT2D eigenvalue weighted by molar-refractivity contribution is 0.0831. The molecule has 2 amide bonds. The molecule has 31 heavy (non-hydrogen) atoms. The summed E-state index contributed by atoms with van der Waals surface area (Å²) in [4.78, 5) is 36.6. The third-order valence-electron chi connectivity index (χ3n) is 4.70. The molecule has 2 heterocycles. The zero-order valence-corrected chi connectivity index (χ0v) is 19.5. The minimum atomic E-state index is -0.299. The minimum Gasteiger partial charge on any atom is -0.344 e. The maximum absolute atomic E-state index is 13.2. The highest BCUT2D eigenvalue weighted by Crippen LogP contribution is 2.29. The van der Waals surface area contributed by atoms with E-state index in [0.29, 0.717) is 27.0 Å². The fourth-order valence-electron chi connectivity index (χ4n) is 3.17. The molecule has 0 spiro atoms. The van der Waals surface area contributed by atoms with Crippen molar-refractivity contribution in [3.8, 4) is 11.3 Å². The van der Waals surface area contributed by atoms with Crippen LogP contribution in [-0.4, -0.2) is 40.8 Å². The number of rotatable bonds is 4. The van der Waals surface area contributed by atoms with Gasteiger partial charge in [-0.3, -0.25) is 14.9 Å². The summed E-state index contributed by atoms with van der Waals surface area (Å²) in [5.74, 6) is -0.436. The molecular weight excluding hydrogens is 476 g/mol. The van der Waals surface area contributed by atoms with Gasteiger partial charge in [-0.05, 0) is 31.2 Å². The number of carbonyl (C=O) groups excluding carboxylic acids is 2. The van der Waals surface area contributed by atoms with Crippen molar-refractivity contribution in [2.24, 2.45) is 0 Å². The predicted octanol–water partition coefficient (Wildman–Crippen LogP) is 5.38. The van der Waals surface area contributed by atoms with Gasteiger partial charge in [0.15, 0.2) is 5.13 Å². The number of aromatic nitrogens is 2. The number of nitrogens with zero attached hydrogens (tertiary/aromatic N) is 3. The second kappa shape index (κ2) is 8.56. The molecule has 0 radical (unpaired) electrons.